The van der Waals surface area contributed by atoms with Crippen LogP contribution in [0.5, 0.6) is 0 Å². The van der Waals surface area contributed by atoms with E-state index in [0.717, 1.165) is 23.4 Å². The number of anilines is 1. The highest BCUT2D eigenvalue weighted by molar-refractivity contribution is 6.31. The summed E-state index contributed by atoms with van der Waals surface area (Å²) in [6, 6.07) is 12.2. The molecule has 0 aromatic heterocycles. The predicted molar refractivity (Wildman–Crippen MR) is 77.4 cm³/mol. The zero-order valence-electron chi connectivity index (χ0n) is 10.7. The molecule has 4 heteroatoms. The van der Waals surface area contributed by atoms with Gasteiger partial charge in [0, 0.05) is 23.8 Å². The van der Waals surface area contributed by atoms with Crippen molar-refractivity contribution in [2.45, 2.75) is 13.1 Å². The van der Waals surface area contributed by atoms with E-state index >= 15 is 0 Å². The van der Waals surface area contributed by atoms with Gasteiger partial charge in [-0.05, 0) is 36.4 Å². The molecule has 0 aliphatic heterocycles. The lowest BCUT2D eigenvalue weighted by Gasteiger charge is -2.18. The molecular formula is C15H16ClFN2. The van der Waals surface area contributed by atoms with Crippen LogP contribution in [0.2, 0.25) is 5.02 Å². The Morgan fingerprint density at radius 2 is 1.79 bits per heavy atom. The van der Waals surface area contributed by atoms with Crippen molar-refractivity contribution in [2.75, 3.05) is 12.8 Å². The lowest BCUT2D eigenvalue weighted by atomic mass is 10.1. The zero-order chi connectivity index (χ0) is 13.8. The molecule has 0 heterocycles. The molecule has 0 saturated heterocycles. The van der Waals surface area contributed by atoms with E-state index in [1.165, 1.54) is 12.1 Å². The first-order valence-electron chi connectivity index (χ1n) is 6.02. The molecule has 0 aliphatic carbocycles. The molecule has 0 atom stereocenters. The Morgan fingerprint density at radius 3 is 2.47 bits per heavy atom. The third-order valence-electron chi connectivity index (χ3n) is 2.95. The van der Waals surface area contributed by atoms with Crippen molar-refractivity contribution in [2.24, 2.45) is 0 Å². The van der Waals surface area contributed by atoms with Crippen molar-refractivity contribution in [1.29, 1.82) is 0 Å². The van der Waals surface area contributed by atoms with Gasteiger partial charge in [-0.15, -0.1) is 0 Å². The number of hydrogen-bond acceptors (Lipinski definition) is 2. The molecule has 0 bridgehead atoms. The average Bonchev–Trinajstić information content (AvgIpc) is 2.36. The van der Waals surface area contributed by atoms with Crippen molar-refractivity contribution in [3.8, 4) is 0 Å². The highest BCUT2D eigenvalue weighted by Gasteiger charge is 2.07. The Kier molecular flexibility index (Phi) is 4.40. The van der Waals surface area contributed by atoms with E-state index in [-0.39, 0.29) is 5.82 Å². The van der Waals surface area contributed by atoms with Crippen LogP contribution in [0.1, 0.15) is 11.1 Å². The minimum atomic E-state index is -0.316. The molecular weight excluding hydrogens is 263 g/mol. The monoisotopic (exact) mass is 278 g/mol. The second kappa shape index (κ2) is 6.04. The molecule has 2 aromatic rings. The summed E-state index contributed by atoms with van der Waals surface area (Å²) < 4.78 is 13.0. The number of para-hydroxylation sites is 1. The maximum absolute atomic E-state index is 13.0. The van der Waals surface area contributed by atoms with Gasteiger partial charge in [0.15, 0.2) is 0 Å². The molecule has 0 fully saturated rings. The highest BCUT2D eigenvalue weighted by atomic mass is 35.5. The van der Waals surface area contributed by atoms with Crippen LogP contribution >= 0.6 is 11.6 Å². The third-order valence-corrected chi connectivity index (χ3v) is 3.30. The Labute approximate surface area is 117 Å². The summed E-state index contributed by atoms with van der Waals surface area (Å²) in [6.07, 6.45) is 0. The molecule has 0 unspecified atom stereocenters. The first-order chi connectivity index (χ1) is 9.06. The van der Waals surface area contributed by atoms with Gasteiger partial charge in [-0.3, -0.25) is 4.90 Å². The van der Waals surface area contributed by atoms with Crippen LogP contribution in [0.3, 0.4) is 0 Å². The number of nitrogen functional groups attached to an aromatic ring is 1. The first-order valence-corrected chi connectivity index (χ1v) is 6.40. The number of nitrogens with zero attached hydrogens (tertiary/aromatic N) is 1. The summed E-state index contributed by atoms with van der Waals surface area (Å²) in [5, 5.41) is 0.452. The molecule has 2 nitrogen and oxygen atoms in total. The molecule has 2 rings (SSSR count). The lowest BCUT2D eigenvalue weighted by molar-refractivity contribution is 0.319. The minimum absolute atomic E-state index is 0.316. The standard InChI is InChI=1S/C15H16ClFN2/c1-19(10-12-4-2-3-5-15(12)18)9-11-6-7-13(17)8-14(11)16/h2-8H,9-10,18H2,1H3. The quantitative estimate of drug-likeness (QED) is 0.864. The van der Waals surface area contributed by atoms with Crippen LogP contribution in [0.4, 0.5) is 10.1 Å². The number of halogens is 2. The summed E-state index contributed by atoms with van der Waals surface area (Å²) >= 11 is 6.02. The van der Waals surface area contributed by atoms with Crippen LogP contribution in [-0.2, 0) is 13.1 Å². The van der Waals surface area contributed by atoms with Crippen LogP contribution in [0, 0.1) is 5.82 Å². The zero-order valence-corrected chi connectivity index (χ0v) is 11.5. The Hall–Kier alpha value is -1.58. The number of nitrogens with two attached hydrogens (primary N) is 1. The average molecular weight is 279 g/mol. The van der Waals surface area contributed by atoms with Crippen molar-refractivity contribution >= 4 is 17.3 Å². The Bertz CT molecular complexity index is 572. The third kappa shape index (κ3) is 3.69. The normalized spacial score (nSPS) is 10.9. The second-order valence-electron chi connectivity index (χ2n) is 4.61. The lowest BCUT2D eigenvalue weighted by Crippen LogP contribution is -2.18. The van der Waals surface area contributed by atoms with Crippen molar-refractivity contribution in [3.63, 3.8) is 0 Å². The van der Waals surface area contributed by atoms with E-state index in [4.69, 9.17) is 17.3 Å². The van der Waals surface area contributed by atoms with Gasteiger partial charge in [0.05, 0.1) is 0 Å². The summed E-state index contributed by atoms with van der Waals surface area (Å²) in [4.78, 5) is 2.09. The molecule has 0 spiro atoms. The van der Waals surface area contributed by atoms with E-state index in [1.807, 2.05) is 31.3 Å². The molecule has 0 amide bonds. The highest BCUT2D eigenvalue weighted by Crippen LogP contribution is 2.20. The maximum atomic E-state index is 13.0. The number of rotatable bonds is 4. The van der Waals surface area contributed by atoms with Crippen LogP contribution in [-0.4, -0.2) is 11.9 Å². The molecule has 100 valence electrons. The van der Waals surface area contributed by atoms with E-state index in [9.17, 15) is 4.39 Å². The SMILES string of the molecule is CN(Cc1ccccc1N)Cc1ccc(F)cc1Cl. The fraction of sp³-hybridized carbons (Fsp3) is 0.200. The smallest absolute Gasteiger partial charge is 0.124 e. The summed E-state index contributed by atoms with van der Waals surface area (Å²) in [5.74, 6) is -0.316. The fourth-order valence-electron chi connectivity index (χ4n) is 1.97. The van der Waals surface area contributed by atoms with E-state index in [1.54, 1.807) is 6.07 Å². The van der Waals surface area contributed by atoms with Gasteiger partial charge >= 0.3 is 0 Å². The molecule has 0 saturated carbocycles. The molecule has 2 aromatic carbocycles. The molecule has 0 aliphatic rings. The van der Waals surface area contributed by atoms with Crippen LogP contribution < -0.4 is 5.73 Å². The molecule has 2 N–H and O–H groups in total. The summed E-state index contributed by atoms with van der Waals surface area (Å²) in [5.41, 5.74) is 8.66. The summed E-state index contributed by atoms with van der Waals surface area (Å²) in [6.45, 7) is 1.37. The van der Waals surface area contributed by atoms with Gasteiger partial charge in [-0.1, -0.05) is 35.9 Å². The van der Waals surface area contributed by atoms with E-state index < -0.39 is 0 Å². The van der Waals surface area contributed by atoms with Crippen molar-refractivity contribution in [1.82, 2.24) is 4.90 Å². The molecule has 0 radical (unpaired) electrons. The van der Waals surface area contributed by atoms with E-state index in [2.05, 4.69) is 4.90 Å². The maximum Gasteiger partial charge on any atom is 0.124 e. The topological polar surface area (TPSA) is 29.3 Å². The Morgan fingerprint density at radius 1 is 1.11 bits per heavy atom. The van der Waals surface area contributed by atoms with Crippen molar-refractivity contribution < 1.29 is 4.39 Å². The van der Waals surface area contributed by atoms with Gasteiger partial charge in [0.25, 0.3) is 0 Å². The van der Waals surface area contributed by atoms with Gasteiger partial charge in [0.2, 0.25) is 0 Å². The van der Waals surface area contributed by atoms with E-state index in [0.29, 0.717) is 11.6 Å². The second-order valence-corrected chi connectivity index (χ2v) is 5.01. The largest absolute Gasteiger partial charge is 0.398 e. The predicted octanol–water partition coefficient (Wildman–Crippen LogP) is 3.69. The van der Waals surface area contributed by atoms with Crippen LogP contribution in [0.15, 0.2) is 42.5 Å². The van der Waals surface area contributed by atoms with Gasteiger partial charge in [-0.2, -0.15) is 0 Å². The fourth-order valence-corrected chi connectivity index (χ4v) is 2.19. The van der Waals surface area contributed by atoms with Gasteiger partial charge in [-0.25, -0.2) is 4.39 Å². The first kappa shape index (κ1) is 13.8. The number of benzene rings is 2. The molecule has 19 heavy (non-hydrogen) atoms. The Balaban J connectivity index is 2.05. The van der Waals surface area contributed by atoms with Crippen molar-refractivity contribution in [3.05, 3.63) is 64.4 Å². The summed E-state index contributed by atoms with van der Waals surface area (Å²) in [7, 11) is 1.98. The minimum Gasteiger partial charge on any atom is -0.398 e. The number of hydrogen-bond donors (Lipinski definition) is 1. The van der Waals surface area contributed by atoms with Crippen LogP contribution in [0.25, 0.3) is 0 Å². The van der Waals surface area contributed by atoms with Gasteiger partial charge in [0.1, 0.15) is 5.82 Å². The van der Waals surface area contributed by atoms with Gasteiger partial charge < -0.3 is 5.73 Å².